The first kappa shape index (κ1) is 11.8. The van der Waals surface area contributed by atoms with Gasteiger partial charge in [0.15, 0.2) is 0 Å². The van der Waals surface area contributed by atoms with E-state index in [1.807, 2.05) is 6.07 Å². The van der Waals surface area contributed by atoms with Gasteiger partial charge in [-0.1, -0.05) is 18.2 Å². The van der Waals surface area contributed by atoms with Crippen molar-refractivity contribution in [2.24, 2.45) is 0 Å². The van der Waals surface area contributed by atoms with E-state index in [1.165, 1.54) is 21.9 Å². The molecule has 1 saturated heterocycles. The topological polar surface area (TPSA) is 29.5 Å². The number of benzene rings is 2. The number of methoxy groups -OCH3 is 1. The predicted molar refractivity (Wildman–Crippen MR) is 77.9 cm³/mol. The zero-order valence-corrected chi connectivity index (χ0v) is 11.6. The molecule has 0 aromatic heterocycles. The monoisotopic (exact) mass is 267 g/mol. The molecule has 3 nitrogen and oxygen atoms in total. The maximum Gasteiger partial charge on any atom is 0.223 e. The molecule has 2 aliphatic rings. The van der Waals surface area contributed by atoms with Gasteiger partial charge in [0, 0.05) is 13.0 Å². The van der Waals surface area contributed by atoms with Gasteiger partial charge in [-0.3, -0.25) is 4.79 Å². The van der Waals surface area contributed by atoms with E-state index in [1.54, 1.807) is 7.11 Å². The molecule has 0 bridgehead atoms. The Kier molecular flexibility index (Phi) is 2.49. The second kappa shape index (κ2) is 4.23. The number of ether oxygens (including phenoxy) is 1. The summed E-state index contributed by atoms with van der Waals surface area (Å²) in [4.78, 5) is 13.9. The van der Waals surface area contributed by atoms with Crippen LogP contribution >= 0.6 is 0 Å². The lowest BCUT2D eigenvalue weighted by molar-refractivity contribution is -0.129. The third-order valence-electron chi connectivity index (χ3n) is 4.66. The summed E-state index contributed by atoms with van der Waals surface area (Å²) in [6.45, 7) is 0.863. The van der Waals surface area contributed by atoms with Crippen molar-refractivity contribution in [2.75, 3.05) is 13.7 Å². The van der Waals surface area contributed by atoms with Gasteiger partial charge in [0.2, 0.25) is 5.91 Å². The van der Waals surface area contributed by atoms with Crippen LogP contribution in [-0.4, -0.2) is 24.5 Å². The van der Waals surface area contributed by atoms with Gasteiger partial charge in [0.1, 0.15) is 5.75 Å². The second-order valence-electron chi connectivity index (χ2n) is 5.61. The highest BCUT2D eigenvalue weighted by Gasteiger charge is 2.36. The van der Waals surface area contributed by atoms with E-state index in [2.05, 4.69) is 29.2 Å². The molecule has 20 heavy (non-hydrogen) atoms. The van der Waals surface area contributed by atoms with Crippen molar-refractivity contribution in [2.45, 2.75) is 25.3 Å². The van der Waals surface area contributed by atoms with E-state index >= 15 is 0 Å². The summed E-state index contributed by atoms with van der Waals surface area (Å²) in [7, 11) is 1.70. The SMILES string of the molecule is COc1ccc2c3c(ccc2c1)C1CCC(=O)N1CC3. The standard InChI is InChI=1S/C17H17NO2/c1-20-12-3-5-13-11(10-12)2-4-15-14(13)8-9-18-16(15)6-7-17(18)19/h2-5,10,16H,6-9H2,1H3. The molecule has 0 saturated carbocycles. The quantitative estimate of drug-likeness (QED) is 0.794. The maximum absolute atomic E-state index is 11.9. The lowest BCUT2D eigenvalue weighted by Gasteiger charge is -2.32. The smallest absolute Gasteiger partial charge is 0.223 e. The average Bonchev–Trinajstić information content (AvgIpc) is 2.88. The number of carbonyl (C=O) groups excluding carboxylic acids is 1. The van der Waals surface area contributed by atoms with Gasteiger partial charge in [-0.05, 0) is 46.9 Å². The van der Waals surface area contributed by atoms with Crippen LogP contribution in [0, 0.1) is 0 Å². The number of nitrogens with zero attached hydrogens (tertiary/aromatic N) is 1. The minimum Gasteiger partial charge on any atom is -0.497 e. The minimum atomic E-state index is 0.303. The molecule has 2 aliphatic heterocycles. The van der Waals surface area contributed by atoms with Crippen molar-refractivity contribution in [3.05, 3.63) is 41.5 Å². The molecule has 4 rings (SSSR count). The fourth-order valence-corrected chi connectivity index (χ4v) is 3.68. The van der Waals surface area contributed by atoms with Gasteiger partial charge in [-0.25, -0.2) is 0 Å². The van der Waals surface area contributed by atoms with Gasteiger partial charge < -0.3 is 9.64 Å². The Bertz CT molecular complexity index is 707. The zero-order valence-electron chi connectivity index (χ0n) is 11.6. The van der Waals surface area contributed by atoms with E-state index in [0.717, 1.165) is 25.1 Å². The van der Waals surface area contributed by atoms with Crippen LogP contribution in [0.1, 0.15) is 30.0 Å². The molecule has 0 aliphatic carbocycles. The molecular weight excluding hydrogens is 250 g/mol. The molecule has 2 heterocycles. The summed E-state index contributed by atoms with van der Waals surface area (Å²) in [6, 6.07) is 10.9. The number of carbonyl (C=O) groups is 1. The van der Waals surface area contributed by atoms with Gasteiger partial charge in [-0.15, -0.1) is 0 Å². The molecular formula is C17H17NO2. The van der Waals surface area contributed by atoms with E-state index in [-0.39, 0.29) is 0 Å². The van der Waals surface area contributed by atoms with Gasteiger partial charge in [0.05, 0.1) is 13.2 Å². The first-order valence-electron chi connectivity index (χ1n) is 7.17. The third kappa shape index (κ3) is 1.56. The van der Waals surface area contributed by atoms with Crippen molar-refractivity contribution in [1.82, 2.24) is 4.90 Å². The number of hydrogen-bond acceptors (Lipinski definition) is 2. The van der Waals surface area contributed by atoms with Crippen molar-refractivity contribution < 1.29 is 9.53 Å². The Hall–Kier alpha value is -2.03. The lowest BCUT2D eigenvalue weighted by Crippen LogP contribution is -2.34. The molecule has 1 fully saturated rings. The zero-order chi connectivity index (χ0) is 13.7. The predicted octanol–water partition coefficient (Wildman–Crippen LogP) is 3.07. The minimum absolute atomic E-state index is 0.303. The molecule has 0 spiro atoms. The fraction of sp³-hybridized carbons (Fsp3) is 0.353. The van der Waals surface area contributed by atoms with Crippen molar-refractivity contribution in [3.8, 4) is 5.75 Å². The van der Waals surface area contributed by atoms with Crippen molar-refractivity contribution in [3.63, 3.8) is 0 Å². The molecule has 2 aromatic carbocycles. The summed E-state index contributed by atoms with van der Waals surface area (Å²) in [6.07, 6.45) is 2.62. The normalized spacial score (nSPS) is 20.9. The number of rotatable bonds is 1. The van der Waals surface area contributed by atoms with Gasteiger partial charge >= 0.3 is 0 Å². The fourth-order valence-electron chi connectivity index (χ4n) is 3.68. The van der Waals surface area contributed by atoms with Crippen LogP contribution in [0.5, 0.6) is 5.75 Å². The van der Waals surface area contributed by atoms with Gasteiger partial charge in [0.25, 0.3) is 0 Å². The van der Waals surface area contributed by atoms with Crippen molar-refractivity contribution >= 4 is 16.7 Å². The first-order valence-corrected chi connectivity index (χ1v) is 7.17. The summed E-state index contributed by atoms with van der Waals surface area (Å²) >= 11 is 0. The highest BCUT2D eigenvalue weighted by Crippen LogP contribution is 2.41. The Balaban J connectivity index is 1.89. The van der Waals surface area contributed by atoms with Crippen LogP contribution in [0.2, 0.25) is 0 Å². The van der Waals surface area contributed by atoms with Crippen molar-refractivity contribution in [1.29, 1.82) is 0 Å². The molecule has 1 atom stereocenters. The van der Waals surface area contributed by atoms with E-state index in [0.29, 0.717) is 18.4 Å². The van der Waals surface area contributed by atoms with E-state index in [9.17, 15) is 4.79 Å². The molecule has 2 aromatic rings. The highest BCUT2D eigenvalue weighted by molar-refractivity contribution is 5.89. The molecule has 102 valence electrons. The summed E-state index contributed by atoms with van der Waals surface area (Å²) in [5, 5.41) is 2.53. The van der Waals surface area contributed by atoms with Crippen LogP contribution in [0.3, 0.4) is 0 Å². The third-order valence-corrected chi connectivity index (χ3v) is 4.66. The molecule has 0 radical (unpaired) electrons. The second-order valence-corrected chi connectivity index (χ2v) is 5.61. The molecule has 1 amide bonds. The largest absolute Gasteiger partial charge is 0.497 e. The summed E-state index contributed by atoms with van der Waals surface area (Å²) in [5.41, 5.74) is 2.76. The Morgan fingerprint density at radius 3 is 2.95 bits per heavy atom. The van der Waals surface area contributed by atoms with Crippen LogP contribution in [0.25, 0.3) is 10.8 Å². The summed E-state index contributed by atoms with van der Waals surface area (Å²) in [5.74, 6) is 1.21. The Morgan fingerprint density at radius 2 is 2.10 bits per heavy atom. The lowest BCUT2D eigenvalue weighted by atomic mass is 9.88. The molecule has 1 unspecified atom stereocenters. The first-order chi connectivity index (χ1) is 9.78. The Labute approximate surface area is 118 Å². The van der Waals surface area contributed by atoms with E-state index < -0.39 is 0 Å². The number of hydrogen-bond donors (Lipinski definition) is 0. The van der Waals surface area contributed by atoms with E-state index in [4.69, 9.17) is 4.74 Å². The maximum atomic E-state index is 11.9. The number of amides is 1. The van der Waals surface area contributed by atoms with Crippen LogP contribution < -0.4 is 4.74 Å². The number of fused-ring (bicyclic) bond motifs is 5. The van der Waals surface area contributed by atoms with Crippen LogP contribution in [0.4, 0.5) is 0 Å². The molecule has 3 heteroatoms. The molecule has 0 N–H and O–H groups in total. The van der Waals surface area contributed by atoms with Crippen LogP contribution in [-0.2, 0) is 11.2 Å². The van der Waals surface area contributed by atoms with Crippen LogP contribution in [0.15, 0.2) is 30.3 Å². The average molecular weight is 267 g/mol. The summed E-state index contributed by atoms with van der Waals surface area (Å²) < 4.78 is 5.30. The Morgan fingerprint density at radius 1 is 1.20 bits per heavy atom. The highest BCUT2D eigenvalue weighted by atomic mass is 16.5. The van der Waals surface area contributed by atoms with Gasteiger partial charge in [-0.2, -0.15) is 0 Å².